The third-order valence-electron chi connectivity index (χ3n) is 6.46. The smallest absolute Gasteiger partial charge is 0.236 e. The third kappa shape index (κ3) is 6.05. The molecule has 3 rings (SSSR count). The standard InChI is InChI=1S/C24H37N3O2/c1-4-25(17-21-9-5-7-19(2)15-21)18-23(28)26-13-10-22(11-14-26)24(29)27-12-6-8-20(3)16-27/h5,7,9,15,20,22H,4,6,8,10-14,16-18H2,1-3H3. The summed E-state index contributed by atoms with van der Waals surface area (Å²) >= 11 is 0. The van der Waals surface area contributed by atoms with Gasteiger partial charge in [0.2, 0.25) is 11.8 Å². The number of hydrogen-bond donors (Lipinski definition) is 0. The molecule has 2 amide bonds. The molecule has 1 aromatic carbocycles. The molecule has 29 heavy (non-hydrogen) atoms. The molecule has 2 heterocycles. The fraction of sp³-hybridized carbons (Fsp3) is 0.667. The molecule has 0 bridgehead atoms. The van der Waals surface area contributed by atoms with Gasteiger partial charge in [-0.2, -0.15) is 0 Å². The number of carbonyl (C=O) groups is 2. The molecule has 160 valence electrons. The van der Waals surface area contributed by atoms with Crippen molar-refractivity contribution in [2.75, 3.05) is 39.3 Å². The van der Waals surface area contributed by atoms with E-state index in [-0.39, 0.29) is 11.8 Å². The molecule has 2 fully saturated rings. The van der Waals surface area contributed by atoms with Crippen LogP contribution in [0.5, 0.6) is 0 Å². The van der Waals surface area contributed by atoms with E-state index in [4.69, 9.17) is 0 Å². The van der Waals surface area contributed by atoms with E-state index in [9.17, 15) is 9.59 Å². The van der Waals surface area contributed by atoms with Crippen LogP contribution < -0.4 is 0 Å². The topological polar surface area (TPSA) is 43.9 Å². The van der Waals surface area contributed by atoms with Crippen LogP contribution in [0, 0.1) is 18.8 Å². The second-order valence-electron chi connectivity index (χ2n) is 8.98. The predicted octanol–water partition coefficient (Wildman–Crippen LogP) is 3.31. The van der Waals surface area contributed by atoms with Crippen molar-refractivity contribution in [1.29, 1.82) is 0 Å². The maximum Gasteiger partial charge on any atom is 0.236 e. The van der Waals surface area contributed by atoms with Crippen molar-refractivity contribution in [3.63, 3.8) is 0 Å². The van der Waals surface area contributed by atoms with Crippen LogP contribution in [0.4, 0.5) is 0 Å². The van der Waals surface area contributed by atoms with Crippen molar-refractivity contribution in [2.24, 2.45) is 11.8 Å². The fourth-order valence-electron chi connectivity index (χ4n) is 4.66. The van der Waals surface area contributed by atoms with Gasteiger partial charge < -0.3 is 9.80 Å². The number of likely N-dealkylation sites (N-methyl/N-ethyl adjacent to an activating group) is 1. The number of carbonyl (C=O) groups excluding carboxylic acids is 2. The Morgan fingerprint density at radius 3 is 2.52 bits per heavy atom. The first-order valence-corrected chi connectivity index (χ1v) is 11.3. The number of benzene rings is 1. The third-order valence-corrected chi connectivity index (χ3v) is 6.46. The monoisotopic (exact) mass is 399 g/mol. The highest BCUT2D eigenvalue weighted by Gasteiger charge is 2.32. The Hall–Kier alpha value is -1.88. The largest absolute Gasteiger partial charge is 0.342 e. The quantitative estimate of drug-likeness (QED) is 0.737. The van der Waals surface area contributed by atoms with Crippen LogP contribution in [-0.4, -0.2) is 65.8 Å². The normalized spacial score (nSPS) is 20.9. The summed E-state index contributed by atoms with van der Waals surface area (Å²) in [5, 5.41) is 0. The molecule has 2 aliphatic heterocycles. The maximum absolute atomic E-state index is 12.8. The molecule has 1 atom stereocenters. The second-order valence-corrected chi connectivity index (χ2v) is 8.98. The molecule has 0 radical (unpaired) electrons. The first-order chi connectivity index (χ1) is 14.0. The highest BCUT2D eigenvalue weighted by Crippen LogP contribution is 2.24. The van der Waals surface area contributed by atoms with Crippen molar-refractivity contribution in [1.82, 2.24) is 14.7 Å². The minimum Gasteiger partial charge on any atom is -0.342 e. The number of aryl methyl sites for hydroxylation is 1. The van der Waals surface area contributed by atoms with E-state index in [0.717, 1.165) is 45.4 Å². The first kappa shape index (κ1) is 21.8. The van der Waals surface area contributed by atoms with Gasteiger partial charge in [0.25, 0.3) is 0 Å². The number of piperidine rings is 2. The number of amides is 2. The summed E-state index contributed by atoms with van der Waals surface area (Å²) in [4.78, 5) is 31.9. The molecule has 0 aliphatic carbocycles. The zero-order valence-corrected chi connectivity index (χ0v) is 18.4. The Balaban J connectivity index is 1.47. The summed E-state index contributed by atoms with van der Waals surface area (Å²) in [5.74, 6) is 1.22. The zero-order valence-electron chi connectivity index (χ0n) is 18.4. The van der Waals surface area contributed by atoms with Crippen molar-refractivity contribution in [3.8, 4) is 0 Å². The maximum atomic E-state index is 12.8. The van der Waals surface area contributed by atoms with Crippen LogP contribution in [0.1, 0.15) is 50.7 Å². The van der Waals surface area contributed by atoms with E-state index >= 15 is 0 Å². The molecule has 2 saturated heterocycles. The highest BCUT2D eigenvalue weighted by molar-refractivity contribution is 5.81. The van der Waals surface area contributed by atoms with Crippen molar-refractivity contribution in [2.45, 2.75) is 53.0 Å². The molecule has 0 spiro atoms. The molecule has 5 heteroatoms. The summed E-state index contributed by atoms with van der Waals surface area (Å²) in [6.45, 7) is 11.8. The minimum atomic E-state index is 0.0962. The molecular formula is C24H37N3O2. The Bertz CT molecular complexity index is 697. The molecule has 1 unspecified atom stereocenters. The number of rotatable bonds is 6. The summed E-state index contributed by atoms with van der Waals surface area (Å²) in [6.07, 6.45) is 3.96. The van der Waals surface area contributed by atoms with Gasteiger partial charge in [-0.25, -0.2) is 0 Å². The molecule has 1 aromatic rings. The van der Waals surface area contributed by atoms with Gasteiger partial charge in [-0.1, -0.05) is 43.7 Å². The molecule has 0 saturated carbocycles. The zero-order chi connectivity index (χ0) is 20.8. The Morgan fingerprint density at radius 1 is 1.10 bits per heavy atom. The van der Waals surface area contributed by atoms with Crippen molar-refractivity contribution < 1.29 is 9.59 Å². The van der Waals surface area contributed by atoms with Crippen LogP contribution in [0.25, 0.3) is 0 Å². The van der Waals surface area contributed by atoms with Crippen LogP contribution >= 0.6 is 0 Å². The predicted molar refractivity (Wildman–Crippen MR) is 116 cm³/mol. The minimum absolute atomic E-state index is 0.0962. The number of nitrogens with zero attached hydrogens (tertiary/aromatic N) is 3. The average molecular weight is 400 g/mol. The van der Waals surface area contributed by atoms with E-state index in [1.165, 1.54) is 17.5 Å². The lowest BCUT2D eigenvalue weighted by molar-refractivity contribution is -0.142. The number of hydrogen-bond acceptors (Lipinski definition) is 3. The summed E-state index contributed by atoms with van der Waals surface area (Å²) < 4.78 is 0. The lowest BCUT2D eigenvalue weighted by Crippen LogP contribution is -2.48. The van der Waals surface area contributed by atoms with E-state index in [1.807, 2.05) is 4.90 Å². The van der Waals surface area contributed by atoms with Gasteiger partial charge in [0, 0.05) is 38.6 Å². The summed E-state index contributed by atoms with van der Waals surface area (Å²) in [6, 6.07) is 8.48. The summed E-state index contributed by atoms with van der Waals surface area (Å²) in [7, 11) is 0. The van der Waals surface area contributed by atoms with Crippen LogP contribution in [0.3, 0.4) is 0 Å². The first-order valence-electron chi connectivity index (χ1n) is 11.3. The van der Waals surface area contributed by atoms with Gasteiger partial charge in [0.1, 0.15) is 0 Å². The lowest BCUT2D eigenvalue weighted by Gasteiger charge is -2.37. The summed E-state index contributed by atoms with van der Waals surface area (Å²) in [5.41, 5.74) is 2.50. The molecule has 0 N–H and O–H groups in total. The molecule has 5 nitrogen and oxygen atoms in total. The van der Waals surface area contributed by atoms with E-state index in [2.05, 4.69) is 54.8 Å². The Kier molecular flexibility index (Phi) is 7.70. The van der Waals surface area contributed by atoms with Crippen LogP contribution in [0.2, 0.25) is 0 Å². The number of likely N-dealkylation sites (tertiary alicyclic amines) is 2. The average Bonchev–Trinajstić information content (AvgIpc) is 2.73. The SMILES string of the molecule is CCN(CC(=O)N1CCC(C(=O)N2CCCC(C)C2)CC1)Cc1cccc(C)c1. The highest BCUT2D eigenvalue weighted by atomic mass is 16.2. The van der Waals surface area contributed by atoms with Crippen LogP contribution in [0.15, 0.2) is 24.3 Å². The van der Waals surface area contributed by atoms with E-state index in [0.29, 0.717) is 31.5 Å². The Labute approximate surface area is 176 Å². The molecule has 2 aliphatic rings. The Morgan fingerprint density at radius 2 is 1.86 bits per heavy atom. The molecular weight excluding hydrogens is 362 g/mol. The van der Waals surface area contributed by atoms with Crippen molar-refractivity contribution >= 4 is 11.8 Å². The van der Waals surface area contributed by atoms with E-state index in [1.54, 1.807) is 0 Å². The fourth-order valence-corrected chi connectivity index (χ4v) is 4.66. The van der Waals surface area contributed by atoms with Gasteiger partial charge in [-0.15, -0.1) is 0 Å². The van der Waals surface area contributed by atoms with Gasteiger partial charge in [0.05, 0.1) is 6.54 Å². The van der Waals surface area contributed by atoms with Gasteiger partial charge >= 0.3 is 0 Å². The van der Waals surface area contributed by atoms with Gasteiger partial charge in [0.15, 0.2) is 0 Å². The molecule has 0 aromatic heterocycles. The van der Waals surface area contributed by atoms with E-state index < -0.39 is 0 Å². The van der Waals surface area contributed by atoms with Crippen molar-refractivity contribution in [3.05, 3.63) is 35.4 Å². The van der Waals surface area contributed by atoms with Gasteiger partial charge in [-0.05, 0) is 50.6 Å². The lowest BCUT2D eigenvalue weighted by atomic mass is 9.92. The van der Waals surface area contributed by atoms with Crippen LogP contribution in [-0.2, 0) is 16.1 Å². The van der Waals surface area contributed by atoms with Gasteiger partial charge in [-0.3, -0.25) is 14.5 Å². The second kappa shape index (κ2) is 10.2.